The van der Waals surface area contributed by atoms with Crippen LogP contribution < -0.4 is 10.5 Å². The minimum atomic E-state index is -0.386. The lowest BCUT2D eigenvalue weighted by atomic mass is 10.1. The molecular weight excluding hydrogens is 223 g/mol. The predicted octanol–water partition coefficient (Wildman–Crippen LogP) is 0.794. The zero-order chi connectivity index (χ0) is 12.8. The summed E-state index contributed by atoms with van der Waals surface area (Å²) < 4.78 is 18.4. The highest BCUT2D eigenvalue weighted by Crippen LogP contribution is 2.16. The molecule has 1 rings (SSSR count). The molecule has 0 radical (unpaired) electrons. The molecule has 5 heteroatoms. The zero-order valence-electron chi connectivity index (χ0n) is 10.1. The summed E-state index contributed by atoms with van der Waals surface area (Å²) in [6.07, 6.45) is 0.579. The third-order valence-corrected chi connectivity index (χ3v) is 2.23. The van der Waals surface area contributed by atoms with E-state index in [0.717, 1.165) is 5.56 Å². The topological polar surface area (TPSA) is 55.6 Å². The van der Waals surface area contributed by atoms with E-state index < -0.39 is 0 Å². The average Bonchev–Trinajstić information content (AvgIpc) is 2.25. The standard InChI is InChI=1S/C12H17FN2O2/c1-15(2)12(16)8-17-11-6-9(3-4-14)5-10(13)7-11/h5-7H,3-4,8,14H2,1-2H3. The van der Waals surface area contributed by atoms with Crippen LogP contribution in [0.5, 0.6) is 5.75 Å². The van der Waals surface area contributed by atoms with Crippen LogP contribution in [0.1, 0.15) is 5.56 Å². The van der Waals surface area contributed by atoms with E-state index in [1.54, 1.807) is 20.2 Å². The number of carbonyl (C=O) groups is 1. The molecule has 17 heavy (non-hydrogen) atoms. The molecule has 0 aliphatic rings. The van der Waals surface area contributed by atoms with Crippen molar-refractivity contribution in [2.24, 2.45) is 5.73 Å². The van der Waals surface area contributed by atoms with E-state index in [2.05, 4.69) is 0 Å². The highest BCUT2D eigenvalue weighted by Gasteiger charge is 2.06. The zero-order valence-corrected chi connectivity index (χ0v) is 10.1. The number of nitrogens with zero attached hydrogens (tertiary/aromatic N) is 1. The van der Waals surface area contributed by atoms with Gasteiger partial charge in [-0.3, -0.25) is 4.79 Å². The van der Waals surface area contributed by atoms with Gasteiger partial charge in [-0.05, 0) is 30.7 Å². The van der Waals surface area contributed by atoms with Gasteiger partial charge in [0.1, 0.15) is 11.6 Å². The lowest BCUT2D eigenvalue weighted by Gasteiger charge is -2.12. The van der Waals surface area contributed by atoms with Gasteiger partial charge in [-0.15, -0.1) is 0 Å². The highest BCUT2D eigenvalue weighted by molar-refractivity contribution is 5.77. The van der Waals surface area contributed by atoms with E-state index in [-0.39, 0.29) is 18.3 Å². The summed E-state index contributed by atoms with van der Waals surface area (Å²) in [5.41, 5.74) is 6.16. The SMILES string of the molecule is CN(C)C(=O)COc1cc(F)cc(CCN)c1. The lowest BCUT2D eigenvalue weighted by Crippen LogP contribution is -2.27. The first-order valence-corrected chi connectivity index (χ1v) is 5.35. The molecule has 0 spiro atoms. The summed E-state index contributed by atoms with van der Waals surface area (Å²) in [4.78, 5) is 12.7. The number of hydrogen-bond donors (Lipinski definition) is 1. The van der Waals surface area contributed by atoms with E-state index in [0.29, 0.717) is 18.7 Å². The molecule has 1 aromatic carbocycles. The molecule has 0 aliphatic carbocycles. The Labute approximate surface area is 100 Å². The molecule has 0 atom stereocenters. The molecular formula is C12H17FN2O2. The molecule has 0 fully saturated rings. The maximum absolute atomic E-state index is 13.2. The summed E-state index contributed by atoms with van der Waals surface area (Å²) in [6.45, 7) is 0.345. The smallest absolute Gasteiger partial charge is 0.259 e. The second kappa shape index (κ2) is 6.20. The van der Waals surface area contributed by atoms with Crippen molar-refractivity contribution < 1.29 is 13.9 Å². The van der Waals surface area contributed by atoms with Crippen LogP contribution in [0.3, 0.4) is 0 Å². The Bertz CT molecular complexity index is 394. The van der Waals surface area contributed by atoms with Gasteiger partial charge < -0.3 is 15.4 Å². The molecule has 0 aliphatic heterocycles. The van der Waals surface area contributed by atoms with Crippen molar-refractivity contribution in [2.45, 2.75) is 6.42 Å². The predicted molar refractivity (Wildman–Crippen MR) is 63.3 cm³/mol. The number of amides is 1. The maximum Gasteiger partial charge on any atom is 0.259 e. The van der Waals surface area contributed by atoms with Crippen LogP contribution in [0, 0.1) is 5.82 Å². The molecule has 0 saturated heterocycles. The molecule has 4 nitrogen and oxygen atoms in total. The van der Waals surface area contributed by atoms with E-state index in [1.807, 2.05) is 0 Å². The van der Waals surface area contributed by atoms with Crippen molar-refractivity contribution in [1.82, 2.24) is 4.90 Å². The van der Waals surface area contributed by atoms with Crippen LogP contribution in [0.25, 0.3) is 0 Å². The van der Waals surface area contributed by atoms with Gasteiger partial charge in [-0.2, -0.15) is 0 Å². The Morgan fingerprint density at radius 1 is 1.41 bits per heavy atom. The number of rotatable bonds is 5. The van der Waals surface area contributed by atoms with Gasteiger partial charge in [0.2, 0.25) is 0 Å². The Morgan fingerprint density at radius 2 is 2.12 bits per heavy atom. The Balaban J connectivity index is 2.67. The van der Waals surface area contributed by atoms with Crippen LogP contribution in [0.2, 0.25) is 0 Å². The van der Waals surface area contributed by atoms with Crippen LogP contribution in [-0.4, -0.2) is 38.1 Å². The molecule has 0 unspecified atom stereocenters. The number of halogens is 1. The van der Waals surface area contributed by atoms with E-state index in [1.165, 1.54) is 17.0 Å². The fourth-order valence-electron chi connectivity index (χ4n) is 1.29. The molecule has 0 aromatic heterocycles. The summed E-state index contributed by atoms with van der Waals surface area (Å²) in [7, 11) is 3.27. The van der Waals surface area contributed by atoms with Crippen LogP contribution in [-0.2, 0) is 11.2 Å². The summed E-state index contributed by atoms with van der Waals surface area (Å²) in [5, 5.41) is 0. The second-order valence-corrected chi connectivity index (χ2v) is 3.91. The van der Waals surface area contributed by atoms with Gasteiger partial charge >= 0.3 is 0 Å². The number of ether oxygens (including phenoxy) is 1. The summed E-state index contributed by atoms with van der Waals surface area (Å²) in [6, 6.07) is 4.36. The molecule has 0 saturated carbocycles. The summed E-state index contributed by atoms with van der Waals surface area (Å²) in [5.74, 6) is -0.207. The maximum atomic E-state index is 13.2. The fraction of sp³-hybridized carbons (Fsp3) is 0.417. The van der Waals surface area contributed by atoms with Crippen molar-refractivity contribution in [3.8, 4) is 5.75 Å². The fourth-order valence-corrected chi connectivity index (χ4v) is 1.29. The van der Waals surface area contributed by atoms with Crippen molar-refractivity contribution in [2.75, 3.05) is 27.2 Å². The quantitative estimate of drug-likeness (QED) is 0.828. The molecule has 94 valence electrons. The molecule has 1 amide bonds. The van der Waals surface area contributed by atoms with Crippen molar-refractivity contribution in [1.29, 1.82) is 0 Å². The van der Waals surface area contributed by atoms with Gasteiger partial charge in [0.25, 0.3) is 5.91 Å². The Kier molecular flexibility index (Phi) is 4.90. The van der Waals surface area contributed by atoms with Crippen molar-refractivity contribution in [3.63, 3.8) is 0 Å². The van der Waals surface area contributed by atoms with Gasteiger partial charge in [0.05, 0.1) is 0 Å². The lowest BCUT2D eigenvalue weighted by molar-refractivity contribution is -0.130. The van der Waals surface area contributed by atoms with Crippen molar-refractivity contribution >= 4 is 5.91 Å². The number of nitrogens with two attached hydrogens (primary N) is 1. The highest BCUT2D eigenvalue weighted by atomic mass is 19.1. The largest absolute Gasteiger partial charge is 0.484 e. The van der Waals surface area contributed by atoms with Gasteiger partial charge in [0.15, 0.2) is 6.61 Å². The first-order valence-electron chi connectivity index (χ1n) is 5.35. The minimum absolute atomic E-state index is 0.0987. The molecule has 1 aromatic rings. The van der Waals surface area contributed by atoms with Crippen LogP contribution in [0.4, 0.5) is 4.39 Å². The van der Waals surface area contributed by atoms with Crippen LogP contribution in [0.15, 0.2) is 18.2 Å². The number of carbonyl (C=O) groups excluding carboxylic acids is 1. The molecule has 0 heterocycles. The van der Waals surface area contributed by atoms with E-state index >= 15 is 0 Å². The van der Waals surface area contributed by atoms with Crippen LogP contribution >= 0.6 is 0 Å². The number of benzene rings is 1. The average molecular weight is 240 g/mol. The Morgan fingerprint density at radius 3 is 2.71 bits per heavy atom. The van der Waals surface area contributed by atoms with Gasteiger partial charge in [0, 0.05) is 20.2 Å². The first-order chi connectivity index (χ1) is 8.02. The first kappa shape index (κ1) is 13.4. The molecule has 0 bridgehead atoms. The minimum Gasteiger partial charge on any atom is -0.484 e. The van der Waals surface area contributed by atoms with Gasteiger partial charge in [-0.1, -0.05) is 0 Å². The number of likely N-dealkylation sites (N-methyl/N-ethyl adjacent to an activating group) is 1. The van der Waals surface area contributed by atoms with E-state index in [4.69, 9.17) is 10.5 Å². The van der Waals surface area contributed by atoms with E-state index in [9.17, 15) is 9.18 Å². The Hall–Kier alpha value is -1.62. The number of hydrogen-bond acceptors (Lipinski definition) is 3. The van der Waals surface area contributed by atoms with Gasteiger partial charge in [-0.25, -0.2) is 4.39 Å². The van der Waals surface area contributed by atoms with Crippen molar-refractivity contribution in [3.05, 3.63) is 29.6 Å². The molecule has 2 N–H and O–H groups in total. The summed E-state index contributed by atoms with van der Waals surface area (Å²) >= 11 is 0. The second-order valence-electron chi connectivity index (χ2n) is 3.91. The normalized spacial score (nSPS) is 10.1. The monoisotopic (exact) mass is 240 g/mol. The third-order valence-electron chi connectivity index (χ3n) is 2.23. The third kappa shape index (κ3) is 4.40.